The van der Waals surface area contributed by atoms with E-state index in [-0.39, 0.29) is 5.91 Å². The number of hydrogen-bond donors (Lipinski definition) is 1. The van der Waals surface area contributed by atoms with E-state index in [2.05, 4.69) is 26.1 Å². The molecule has 0 unspecified atom stereocenters. The van der Waals surface area contributed by atoms with Crippen LogP contribution in [0.4, 0.5) is 5.69 Å². The van der Waals surface area contributed by atoms with E-state index < -0.39 is 5.60 Å². The second-order valence-corrected chi connectivity index (χ2v) is 7.37. The number of aryl methyl sites for hydroxylation is 1. The van der Waals surface area contributed by atoms with E-state index in [0.717, 1.165) is 36.3 Å². The van der Waals surface area contributed by atoms with Crippen molar-refractivity contribution in [1.82, 2.24) is 0 Å². The van der Waals surface area contributed by atoms with Gasteiger partial charge < -0.3 is 14.8 Å². The van der Waals surface area contributed by atoms with Crippen molar-refractivity contribution in [3.05, 3.63) is 23.8 Å². The van der Waals surface area contributed by atoms with Gasteiger partial charge in [-0.05, 0) is 68.7 Å². The first-order chi connectivity index (χ1) is 11.4. The zero-order chi connectivity index (χ0) is 17.7. The summed E-state index contributed by atoms with van der Waals surface area (Å²) >= 11 is 0. The van der Waals surface area contributed by atoms with Crippen LogP contribution in [0, 0.1) is 18.8 Å². The fraction of sp³-hybridized carbons (Fsp3) is 0.650. The number of nitrogens with one attached hydrogen (secondary N) is 1. The number of benzene rings is 1. The first-order valence-electron chi connectivity index (χ1n) is 9.05. The molecule has 1 amide bonds. The van der Waals surface area contributed by atoms with Crippen LogP contribution in [0.1, 0.15) is 52.5 Å². The maximum atomic E-state index is 12.8. The van der Waals surface area contributed by atoms with Gasteiger partial charge in [0.25, 0.3) is 5.91 Å². The molecule has 0 heterocycles. The first-order valence-corrected chi connectivity index (χ1v) is 9.05. The Morgan fingerprint density at radius 1 is 1.38 bits per heavy atom. The zero-order valence-corrected chi connectivity index (χ0v) is 15.6. The van der Waals surface area contributed by atoms with Gasteiger partial charge in [0, 0.05) is 12.3 Å². The molecule has 4 nitrogen and oxygen atoms in total. The molecule has 1 aliphatic rings. The largest absolute Gasteiger partial charge is 0.493 e. The minimum Gasteiger partial charge on any atom is -0.493 e. The van der Waals surface area contributed by atoms with Crippen LogP contribution >= 0.6 is 0 Å². The molecule has 1 saturated carbocycles. The summed E-state index contributed by atoms with van der Waals surface area (Å²) in [5.41, 5.74) is 1.09. The minimum atomic E-state index is -0.725. The van der Waals surface area contributed by atoms with Gasteiger partial charge in [-0.3, -0.25) is 4.79 Å². The Kier molecular flexibility index (Phi) is 6.27. The van der Waals surface area contributed by atoms with Crippen LogP contribution in [0.3, 0.4) is 0 Å². The summed E-state index contributed by atoms with van der Waals surface area (Å²) in [6, 6.07) is 5.78. The van der Waals surface area contributed by atoms with Crippen LogP contribution in [0.25, 0.3) is 0 Å². The lowest BCUT2D eigenvalue weighted by atomic mass is 9.98. The van der Waals surface area contributed by atoms with Gasteiger partial charge >= 0.3 is 0 Å². The molecule has 24 heavy (non-hydrogen) atoms. The van der Waals surface area contributed by atoms with Gasteiger partial charge in [0.1, 0.15) is 11.4 Å². The zero-order valence-electron chi connectivity index (χ0n) is 15.6. The van der Waals surface area contributed by atoms with Gasteiger partial charge in [-0.2, -0.15) is 0 Å². The topological polar surface area (TPSA) is 47.6 Å². The fourth-order valence-electron chi connectivity index (χ4n) is 2.72. The Bertz CT molecular complexity index is 566. The van der Waals surface area contributed by atoms with Crippen LogP contribution < -0.4 is 10.1 Å². The van der Waals surface area contributed by atoms with Gasteiger partial charge in [-0.15, -0.1) is 0 Å². The van der Waals surface area contributed by atoms with E-state index in [1.165, 1.54) is 0 Å². The lowest BCUT2D eigenvalue weighted by molar-refractivity contribution is -0.142. The van der Waals surface area contributed by atoms with Crippen LogP contribution in [-0.4, -0.2) is 24.7 Å². The van der Waals surface area contributed by atoms with Gasteiger partial charge in [0.05, 0.1) is 6.61 Å². The van der Waals surface area contributed by atoms with Gasteiger partial charge in [-0.1, -0.05) is 20.8 Å². The van der Waals surface area contributed by atoms with Gasteiger partial charge in [0.15, 0.2) is 0 Å². The predicted octanol–water partition coefficient (Wildman–Crippen LogP) is 4.56. The molecule has 1 atom stereocenters. The van der Waals surface area contributed by atoms with E-state index in [1.54, 1.807) is 0 Å². The van der Waals surface area contributed by atoms with Crippen molar-refractivity contribution in [2.24, 2.45) is 11.8 Å². The number of rotatable bonds is 9. The summed E-state index contributed by atoms with van der Waals surface area (Å²) in [7, 11) is 0. The molecule has 1 aliphatic carbocycles. The third-order valence-corrected chi connectivity index (χ3v) is 4.42. The highest BCUT2D eigenvalue weighted by atomic mass is 16.5. The molecule has 0 bridgehead atoms. The van der Waals surface area contributed by atoms with Gasteiger partial charge in [-0.25, -0.2) is 0 Å². The summed E-state index contributed by atoms with van der Waals surface area (Å²) < 4.78 is 11.7. The fourth-order valence-corrected chi connectivity index (χ4v) is 2.72. The molecule has 0 saturated heterocycles. The summed E-state index contributed by atoms with van der Waals surface area (Å²) in [6.45, 7) is 11.5. The van der Waals surface area contributed by atoms with Crippen LogP contribution in [0.2, 0.25) is 0 Å². The number of hydrogen-bond acceptors (Lipinski definition) is 3. The molecule has 1 aromatic carbocycles. The Morgan fingerprint density at radius 2 is 2.08 bits per heavy atom. The summed E-state index contributed by atoms with van der Waals surface area (Å²) in [6.07, 6.45) is 3.04. The molecule has 0 aliphatic heterocycles. The first kappa shape index (κ1) is 18.8. The number of amides is 1. The molecule has 1 fully saturated rings. The van der Waals surface area contributed by atoms with Crippen LogP contribution in [0.5, 0.6) is 5.75 Å². The molecule has 1 N–H and O–H groups in total. The van der Waals surface area contributed by atoms with Crippen molar-refractivity contribution in [3.8, 4) is 5.75 Å². The number of ether oxygens (including phenoxy) is 2. The van der Waals surface area contributed by atoms with Crippen LogP contribution in [-0.2, 0) is 9.53 Å². The average Bonchev–Trinajstić information content (AvgIpc) is 3.36. The summed E-state index contributed by atoms with van der Waals surface area (Å²) in [5, 5.41) is 3.03. The number of carbonyl (C=O) groups excluding carboxylic acids is 1. The lowest BCUT2D eigenvalue weighted by Gasteiger charge is -2.28. The van der Waals surface area contributed by atoms with E-state index >= 15 is 0 Å². The average molecular weight is 333 g/mol. The van der Waals surface area contributed by atoms with E-state index in [1.807, 2.05) is 32.0 Å². The van der Waals surface area contributed by atoms with E-state index in [4.69, 9.17) is 9.47 Å². The highest BCUT2D eigenvalue weighted by Gasteiger charge is 2.48. The molecule has 1 aromatic rings. The Labute approximate surface area is 145 Å². The monoisotopic (exact) mass is 333 g/mol. The van der Waals surface area contributed by atoms with Crippen molar-refractivity contribution in [3.63, 3.8) is 0 Å². The SMILES string of the molecule is CCCO[C@@](C)(C(=O)Nc1ccc(OCC(C)C)c(C)c1)C1CC1. The molecule has 2 rings (SSSR count). The third-order valence-electron chi connectivity index (χ3n) is 4.42. The Hall–Kier alpha value is -1.55. The molecule has 0 aromatic heterocycles. The molecular formula is C20H31NO3. The number of carbonyl (C=O) groups is 1. The quantitative estimate of drug-likeness (QED) is 0.720. The molecule has 4 heteroatoms. The Morgan fingerprint density at radius 3 is 2.62 bits per heavy atom. The maximum absolute atomic E-state index is 12.8. The third kappa shape index (κ3) is 4.73. The summed E-state index contributed by atoms with van der Waals surface area (Å²) in [5.74, 6) is 1.64. The smallest absolute Gasteiger partial charge is 0.256 e. The second kappa shape index (κ2) is 8.02. The molecular weight excluding hydrogens is 302 g/mol. The van der Waals surface area contributed by atoms with Crippen molar-refractivity contribution in [2.45, 2.75) is 59.5 Å². The summed E-state index contributed by atoms with van der Waals surface area (Å²) in [4.78, 5) is 12.8. The van der Waals surface area contributed by atoms with Crippen LogP contribution in [0.15, 0.2) is 18.2 Å². The van der Waals surface area contributed by atoms with Crippen molar-refractivity contribution in [1.29, 1.82) is 0 Å². The van der Waals surface area contributed by atoms with Crippen molar-refractivity contribution >= 4 is 11.6 Å². The molecule has 0 radical (unpaired) electrons. The predicted molar refractivity (Wildman–Crippen MR) is 97.5 cm³/mol. The second-order valence-electron chi connectivity index (χ2n) is 7.37. The normalized spacial score (nSPS) is 16.8. The van der Waals surface area contributed by atoms with E-state index in [0.29, 0.717) is 25.0 Å². The minimum absolute atomic E-state index is 0.0475. The van der Waals surface area contributed by atoms with Crippen molar-refractivity contribution < 1.29 is 14.3 Å². The molecule has 134 valence electrons. The van der Waals surface area contributed by atoms with E-state index in [9.17, 15) is 4.79 Å². The van der Waals surface area contributed by atoms with Crippen molar-refractivity contribution in [2.75, 3.05) is 18.5 Å². The van der Waals surface area contributed by atoms with Gasteiger partial charge in [0.2, 0.25) is 0 Å². The number of anilines is 1. The highest BCUT2D eigenvalue weighted by Crippen LogP contribution is 2.42. The maximum Gasteiger partial charge on any atom is 0.256 e. The molecule has 0 spiro atoms. The highest BCUT2D eigenvalue weighted by molar-refractivity contribution is 5.97. The Balaban J connectivity index is 2.03. The standard InChI is InChI=1S/C20H31NO3/c1-6-11-24-20(5,16-7-8-16)19(22)21-17-9-10-18(15(4)12-17)23-13-14(2)3/h9-10,12,14,16H,6-8,11,13H2,1-5H3,(H,21,22)/t20-/m1/s1. The lowest BCUT2D eigenvalue weighted by Crippen LogP contribution is -2.45.